The lowest BCUT2D eigenvalue weighted by atomic mass is 10.0. The molecule has 1 aromatic heterocycles. The molecule has 0 saturated heterocycles. The van der Waals surface area contributed by atoms with Gasteiger partial charge in [-0.3, -0.25) is 0 Å². The van der Waals surface area contributed by atoms with Gasteiger partial charge in [-0.2, -0.15) is 22.0 Å². The molecule has 0 spiro atoms. The summed E-state index contributed by atoms with van der Waals surface area (Å²) in [7, 11) is 0. The van der Waals surface area contributed by atoms with Crippen molar-refractivity contribution < 1.29 is 9.63 Å². The number of nitriles is 1. The number of hydrogen-bond acceptors (Lipinski definition) is 6. The van der Waals surface area contributed by atoms with Gasteiger partial charge in [0.1, 0.15) is 0 Å². The zero-order chi connectivity index (χ0) is 13.5. The fourth-order valence-corrected chi connectivity index (χ4v) is 3.40. The maximum absolute atomic E-state index is 9.49. The number of thioether (sulfide) groups is 1. The molecule has 0 aromatic carbocycles. The van der Waals surface area contributed by atoms with E-state index in [0.29, 0.717) is 11.7 Å². The molecule has 5 nitrogen and oxygen atoms in total. The van der Waals surface area contributed by atoms with Crippen molar-refractivity contribution >= 4 is 11.8 Å². The highest BCUT2D eigenvalue weighted by molar-refractivity contribution is 7.99. The van der Waals surface area contributed by atoms with E-state index in [-0.39, 0.29) is 12.8 Å². The predicted octanol–water partition coefficient (Wildman–Crippen LogP) is 2.45. The predicted molar refractivity (Wildman–Crippen MR) is 72.4 cm³/mol. The summed E-state index contributed by atoms with van der Waals surface area (Å²) in [6, 6.07) is 1.92. The highest BCUT2D eigenvalue weighted by atomic mass is 32.2. The standard InChI is InChI=1S/C13H19N3O2S/c14-7-6-10(17)8-13-15-12(16-18-13)9-19-11-4-2-1-3-5-11/h10-11,17H,1-6,8-9H2. The van der Waals surface area contributed by atoms with E-state index >= 15 is 0 Å². The summed E-state index contributed by atoms with van der Waals surface area (Å²) >= 11 is 1.89. The summed E-state index contributed by atoms with van der Waals surface area (Å²) in [6.45, 7) is 0. The second kappa shape index (κ2) is 7.51. The van der Waals surface area contributed by atoms with Gasteiger partial charge in [0.25, 0.3) is 0 Å². The smallest absolute Gasteiger partial charge is 0.229 e. The quantitative estimate of drug-likeness (QED) is 0.862. The van der Waals surface area contributed by atoms with E-state index in [1.165, 1.54) is 32.1 Å². The van der Waals surface area contributed by atoms with Crippen molar-refractivity contribution in [3.63, 3.8) is 0 Å². The van der Waals surface area contributed by atoms with Crippen LogP contribution in [-0.4, -0.2) is 26.6 Å². The highest BCUT2D eigenvalue weighted by Gasteiger charge is 2.16. The minimum Gasteiger partial charge on any atom is -0.392 e. The van der Waals surface area contributed by atoms with Crippen molar-refractivity contribution in [3.8, 4) is 6.07 Å². The van der Waals surface area contributed by atoms with Crippen LogP contribution in [0.15, 0.2) is 4.52 Å². The van der Waals surface area contributed by atoms with Crippen LogP contribution >= 0.6 is 11.8 Å². The van der Waals surface area contributed by atoms with E-state index in [1.54, 1.807) is 0 Å². The van der Waals surface area contributed by atoms with Crippen LogP contribution in [0, 0.1) is 11.3 Å². The Morgan fingerprint density at radius 3 is 2.95 bits per heavy atom. The topological polar surface area (TPSA) is 82.9 Å². The third-order valence-electron chi connectivity index (χ3n) is 3.25. The van der Waals surface area contributed by atoms with Gasteiger partial charge in [0.15, 0.2) is 5.82 Å². The minimum absolute atomic E-state index is 0.0918. The number of aromatic nitrogens is 2. The Balaban J connectivity index is 1.75. The van der Waals surface area contributed by atoms with Crippen molar-refractivity contribution in [2.24, 2.45) is 0 Å². The Morgan fingerprint density at radius 1 is 1.42 bits per heavy atom. The van der Waals surface area contributed by atoms with Gasteiger partial charge in [0.2, 0.25) is 5.89 Å². The molecule has 0 bridgehead atoms. The van der Waals surface area contributed by atoms with Gasteiger partial charge in [-0.15, -0.1) is 0 Å². The third-order valence-corrected chi connectivity index (χ3v) is 4.62. The van der Waals surface area contributed by atoms with Crippen molar-refractivity contribution in [1.82, 2.24) is 10.1 Å². The highest BCUT2D eigenvalue weighted by Crippen LogP contribution is 2.29. The van der Waals surface area contributed by atoms with Gasteiger partial charge in [-0.25, -0.2) is 0 Å². The first-order valence-electron chi connectivity index (χ1n) is 6.76. The van der Waals surface area contributed by atoms with Crippen molar-refractivity contribution in [2.45, 2.75) is 62.1 Å². The maximum atomic E-state index is 9.49. The summed E-state index contributed by atoms with van der Waals surface area (Å²) in [5, 5.41) is 22.6. The first-order chi connectivity index (χ1) is 9.28. The lowest BCUT2D eigenvalue weighted by Crippen LogP contribution is -2.09. The number of nitrogens with zero attached hydrogens (tertiary/aromatic N) is 3. The molecule has 104 valence electrons. The van der Waals surface area contributed by atoms with Crippen molar-refractivity contribution in [2.75, 3.05) is 0 Å². The Morgan fingerprint density at radius 2 is 2.21 bits per heavy atom. The Bertz CT molecular complexity index is 424. The normalized spacial score (nSPS) is 18.1. The summed E-state index contributed by atoms with van der Waals surface area (Å²) in [4.78, 5) is 4.25. The number of hydrogen-bond donors (Lipinski definition) is 1. The lowest BCUT2D eigenvalue weighted by molar-refractivity contribution is 0.167. The molecular formula is C13H19N3O2S. The summed E-state index contributed by atoms with van der Waals surface area (Å²) in [5.41, 5.74) is 0. The van der Waals surface area contributed by atoms with Gasteiger partial charge in [-0.1, -0.05) is 24.4 Å². The molecule has 1 saturated carbocycles. The average molecular weight is 281 g/mol. The van der Waals surface area contributed by atoms with Gasteiger partial charge < -0.3 is 9.63 Å². The molecule has 1 aliphatic rings. The first-order valence-corrected chi connectivity index (χ1v) is 7.81. The SMILES string of the molecule is N#CCC(O)Cc1nc(CSC2CCCCC2)no1. The largest absolute Gasteiger partial charge is 0.392 e. The molecule has 2 rings (SSSR count). The van der Waals surface area contributed by atoms with E-state index in [4.69, 9.17) is 9.78 Å². The van der Waals surface area contributed by atoms with Crippen LogP contribution in [-0.2, 0) is 12.2 Å². The third kappa shape index (κ3) is 4.84. The van der Waals surface area contributed by atoms with Crippen LogP contribution in [0.25, 0.3) is 0 Å². The van der Waals surface area contributed by atoms with Crippen LogP contribution < -0.4 is 0 Å². The Kier molecular flexibility index (Phi) is 5.67. The second-order valence-electron chi connectivity index (χ2n) is 4.90. The summed E-state index contributed by atoms with van der Waals surface area (Å²) < 4.78 is 5.08. The van der Waals surface area contributed by atoms with Gasteiger partial charge in [0.05, 0.1) is 30.8 Å². The fourth-order valence-electron chi connectivity index (χ4n) is 2.23. The molecule has 0 aliphatic heterocycles. The van der Waals surface area contributed by atoms with Crippen molar-refractivity contribution in [3.05, 3.63) is 11.7 Å². The fraction of sp³-hybridized carbons (Fsp3) is 0.769. The second-order valence-corrected chi connectivity index (χ2v) is 6.18. The van der Waals surface area contributed by atoms with Crippen LogP contribution in [0.2, 0.25) is 0 Å². The Hall–Kier alpha value is -1.06. The molecule has 1 aliphatic carbocycles. The maximum Gasteiger partial charge on any atom is 0.229 e. The molecule has 1 N–H and O–H groups in total. The average Bonchev–Trinajstić information content (AvgIpc) is 2.85. The van der Waals surface area contributed by atoms with Gasteiger partial charge >= 0.3 is 0 Å². The van der Waals surface area contributed by atoms with Crippen LogP contribution in [0.3, 0.4) is 0 Å². The molecule has 0 amide bonds. The molecule has 6 heteroatoms. The number of aliphatic hydroxyl groups is 1. The van der Waals surface area contributed by atoms with Crippen molar-refractivity contribution in [1.29, 1.82) is 5.26 Å². The van der Waals surface area contributed by atoms with Crippen LogP contribution in [0.4, 0.5) is 0 Å². The first kappa shape index (κ1) is 14.4. The van der Waals surface area contributed by atoms with Crippen LogP contribution in [0.1, 0.15) is 50.2 Å². The number of aliphatic hydroxyl groups excluding tert-OH is 1. The van der Waals surface area contributed by atoms with E-state index in [1.807, 2.05) is 17.8 Å². The lowest BCUT2D eigenvalue weighted by Gasteiger charge is -2.19. The molecule has 0 radical (unpaired) electrons. The molecule has 1 heterocycles. The van der Waals surface area contributed by atoms with E-state index in [9.17, 15) is 5.11 Å². The summed E-state index contributed by atoms with van der Waals surface area (Å²) in [6.07, 6.45) is 6.23. The molecule has 19 heavy (non-hydrogen) atoms. The summed E-state index contributed by atoms with van der Waals surface area (Å²) in [5.74, 6) is 1.87. The molecular weight excluding hydrogens is 262 g/mol. The van der Waals surface area contributed by atoms with Gasteiger partial charge in [0, 0.05) is 5.25 Å². The van der Waals surface area contributed by atoms with Crippen LogP contribution in [0.5, 0.6) is 0 Å². The molecule has 1 fully saturated rings. The molecule has 1 atom stereocenters. The van der Waals surface area contributed by atoms with Gasteiger partial charge in [-0.05, 0) is 12.8 Å². The zero-order valence-corrected chi connectivity index (χ0v) is 11.7. The Labute approximate surface area is 117 Å². The monoisotopic (exact) mass is 281 g/mol. The molecule has 1 unspecified atom stereocenters. The zero-order valence-electron chi connectivity index (χ0n) is 10.9. The molecule has 1 aromatic rings. The van der Waals surface area contributed by atoms with E-state index in [0.717, 1.165) is 11.0 Å². The number of rotatable bonds is 6. The minimum atomic E-state index is -0.718. The van der Waals surface area contributed by atoms with E-state index in [2.05, 4.69) is 10.1 Å². The van der Waals surface area contributed by atoms with E-state index < -0.39 is 6.10 Å².